The van der Waals surface area contributed by atoms with Crippen LogP contribution in [0.1, 0.15) is 5.56 Å². The van der Waals surface area contributed by atoms with Crippen LogP contribution >= 0.6 is 58.6 Å². The highest BCUT2D eigenvalue weighted by molar-refractivity contribution is 7.80. The standard InChI is InChI=1S/C17H15Cl4N3O2S/c18-12-8-4-5-9-13(12)22-15(27)23-14(17(19,20)21)24-16(25)26-10-11-6-2-1-3-7-11/h1-9,14H,10H2,(H,24,25)(H2,22,23,27)/t14-/m1/s1. The first-order valence-corrected chi connectivity index (χ1v) is 9.53. The molecular formula is C17H15Cl4N3O2S. The van der Waals surface area contributed by atoms with Gasteiger partial charge in [-0.3, -0.25) is 5.32 Å². The van der Waals surface area contributed by atoms with E-state index in [0.29, 0.717) is 10.7 Å². The molecule has 2 rings (SSSR count). The molecule has 0 radical (unpaired) electrons. The summed E-state index contributed by atoms with van der Waals surface area (Å²) in [6.45, 7) is 0.0710. The molecule has 2 aromatic rings. The van der Waals surface area contributed by atoms with Gasteiger partial charge in [0, 0.05) is 0 Å². The molecular weight excluding hydrogens is 452 g/mol. The summed E-state index contributed by atoms with van der Waals surface area (Å²) in [6, 6.07) is 16.1. The van der Waals surface area contributed by atoms with Gasteiger partial charge in [-0.05, 0) is 29.9 Å². The number of halogens is 4. The van der Waals surface area contributed by atoms with Crippen molar-refractivity contribution in [2.75, 3.05) is 5.32 Å². The number of anilines is 1. The summed E-state index contributed by atoms with van der Waals surface area (Å²) in [6.07, 6.45) is -1.92. The van der Waals surface area contributed by atoms with E-state index in [4.69, 9.17) is 63.4 Å². The zero-order chi connectivity index (χ0) is 19.9. The number of alkyl halides is 3. The van der Waals surface area contributed by atoms with Crippen molar-refractivity contribution in [2.45, 2.75) is 16.6 Å². The van der Waals surface area contributed by atoms with E-state index in [9.17, 15) is 4.79 Å². The summed E-state index contributed by atoms with van der Waals surface area (Å²) in [7, 11) is 0. The summed E-state index contributed by atoms with van der Waals surface area (Å²) in [5.41, 5.74) is 1.38. The molecule has 1 atom stereocenters. The smallest absolute Gasteiger partial charge is 0.409 e. The fourth-order valence-electron chi connectivity index (χ4n) is 1.93. The number of ether oxygens (including phenoxy) is 1. The monoisotopic (exact) mass is 465 g/mol. The fraction of sp³-hybridized carbons (Fsp3) is 0.176. The van der Waals surface area contributed by atoms with Gasteiger partial charge in [-0.15, -0.1) is 0 Å². The van der Waals surface area contributed by atoms with Crippen molar-refractivity contribution < 1.29 is 9.53 Å². The van der Waals surface area contributed by atoms with Crippen LogP contribution in [0, 0.1) is 0 Å². The Labute approximate surface area is 182 Å². The first-order chi connectivity index (χ1) is 12.8. The number of benzene rings is 2. The molecule has 1 amide bonds. The highest BCUT2D eigenvalue weighted by Gasteiger charge is 2.35. The highest BCUT2D eigenvalue weighted by Crippen LogP contribution is 2.29. The molecule has 0 heterocycles. The van der Waals surface area contributed by atoms with Gasteiger partial charge in [0.2, 0.25) is 3.79 Å². The van der Waals surface area contributed by atoms with E-state index in [2.05, 4.69) is 16.0 Å². The third-order valence-electron chi connectivity index (χ3n) is 3.20. The first-order valence-electron chi connectivity index (χ1n) is 7.61. The SMILES string of the molecule is O=C(N[C@@H](NC(=S)Nc1ccccc1Cl)C(Cl)(Cl)Cl)OCc1ccccc1. The van der Waals surface area contributed by atoms with Gasteiger partial charge in [0.25, 0.3) is 0 Å². The lowest BCUT2D eigenvalue weighted by molar-refractivity contribution is 0.135. The largest absolute Gasteiger partial charge is 0.445 e. The Balaban J connectivity index is 1.93. The Hall–Kier alpha value is -1.44. The number of nitrogens with one attached hydrogen (secondary N) is 3. The van der Waals surface area contributed by atoms with Gasteiger partial charge in [0.05, 0.1) is 10.7 Å². The van der Waals surface area contributed by atoms with E-state index in [-0.39, 0.29) is 11.7 Å². The molecule has 0 unspecified atom stereocenters. The molecule has 0 aliphatic heterocycles. The maximum absolute atomic E-state index is 12.0. The molecule has 27 heavy (non-hydrogen) atoms. The number of rotatable bonds is 5. The van der Waals surface area contributed by atoms with Crippen LogP contribution in [-0.2, 0) is 11.3 Å². The summed E-state index contributed by atoms with van der Waals surface area (Å²) in [5.74, 6) is 0. The lowest BCUT2D eigenvalue weighted by Crippen LogP contribution is -2.56. The van der Waals surface area contributed by atoms with E-state index in [1.54, 1.807) is 24.3 Å². The van der Waals surface area contributed by atoms with Gasteiger partial charge >= 0.3 is 6.09 Å². The van der Waals surface area contributed by atoms with Crippen molar-refractivity contribution in [1.82, 2.24) is 10.6 Å². The van der Waals surface area contributed by atoms with Crippen LogP contribution in [0.5, 0.6) is 0 Å². The van der Waals surface area contributed by atoms with Crippen molar-refractivity contribution in [1.29, 1.82) is 0 Å². The Morgan fingerprint density at radius 3 is 2.30 bits per heavy atom. The topological polar surface area (TPSA) is 62.4 Å². The number of carbonyl (C=O) groups is 1. The summed E-state index contributed by atoms with van der Waals surface area (Å²) in [5, 5.41) is 8.57. The van der Waals surface area contributed by atoms with Crippen molar-refractivity contribution in [3.05, 3.63) is 65.2 Å². The third-order valence-corrected chi connectivity index (χ3v) is 4.40. The second-order valence-corrected chi connectivity index (χ2v) is 8.44. The van der Waals surface area contributed by atoms with Crippen LogP contribution in [0.25, 0.3) is 0 Å². The lowest BCUT2D eigenvalue weighted by Gasteiger charge is -2.27. The molecule has 0 aliphatic rings. The van der Waals surface area contributed by atoms with Crippen LogP contribution in [0.4, 0.5) is 10.5 Å². The molecule has 3 N–H and O–H groups in total. The predicted molar refractivity (Wildman–Crippen MR) is 115 cm³/mol. The van der Waals surface area contributed by atoms with Crippen LogP contribution in [0.2, 0.25) is 5.02 Å². The molecule has 0 saturated heterocycles. The Bertz CT molecular complexity index is 787. The van der Waals surface area contributed by atoms with Crippen molar-refractivity contribution in [2.24, 2.45) is 0 Å². The maximum Gasteiger partial charge on any atom is 0.409 e. The van der Waals surface area contributed by atoms with Gasteiger partial charge in [0.15, 0.2) is 11.3 Å². The number of hydrogen-bond donors (Lipinski definition) is 3. The molecule has 10 heteroatoms. The van der Waals surface area contributed by atoms with E-state index >= 15 is 0 Å². The predicted octanol–water partition coefficient (Wildman–Crippen LogP) is 5.25. The number of alkyl carbamates (subject to hydrolysis) is 1. The van der Waals surface area contributed by atoms with Crippen molar-refractivity contribution in [3.8, 4) is 0 Å². The van der Waals surface area contributed by atoms with Crippen LogP contribution < -0.4 is 16.0 Å². The average Bonchev–Trinajstić information content (AvgIpc) is 2.61. The van der Waals surface area contributed by atoms with E-state index < -0.39 is 16.1 Å². The molecule has 144 valence electrons. The number of carbonyl (C=O) groups excluding carboxylic acids is 1. The van der Waals surface area contributed by atoms with E-state index in [1.165, 1.54) is 0 Å². The highest BCUT2D eigenvalue weighted by atomic mass is 35.6. The second kappa shape index (κ2) is 10.2. The third kappa shape index (κ3) is 7.60. The van der Waals surface area contributed by atoms with Crippen molar-refractivity contribution >= 4 is 75.5 Å². The molecule has 0 aromatic heterocycles. The molecule has 0 spiro atoms. The molecule has 0 bridgehead atoms. The van der Waals surface area contributed by atoms with Gasteiger partial charge in [0.1, 0.15) is 6.61 Å². The molecule has 5 nitrogen and oxygen atoms in total. The first kappa shape index (κ1) is 21.9. The van der Waals surface area contributed by atoms with E-state index in [1.807, 2.05) is 30.3 Å². The van der Waals surface area contributed by atoms with Crippen molar-refractivity contribution in [3.63, 3.8) is 0 Å². The van der Waals surface area contributed by atoms with Gasteiger partial charge in [-0.25, -0.2) is 4.79 Å². The Kier molecular flexibility index (Phi) is 8.26. The van der Waals surface area contributed by atoms with Crippen LogP contribution in [0.3, 0.4) is 0 Å². The lowest BCUT2D eigenvalue weighted by atomic mass is 10.2. The number of thiocarbonyl (C=S) groups is 1. The summed E-state index contributed by atoms with van der Waals surface area (Å²) < 4.78 is 3.23. The van der Waals surface area contributed by atoms with Crippen LogP contribution in [0.15, 0.2) is 54.6 Å². The quantitative estimate of drug-likeness (QED) is 0.319. The average molecular weight is 467 g/mol. The number of hydrogen-bond acceptors (Lipinski definition) is 3. The van der Waals surface area contributed by atoms with Gasteiger partial charge in [-0.1, -0.05) is 88.9 Å². The zero-order valence-corrected chi connectivity index (χ0v) is 17.6. The maximum atomic E-state index is 12.0. The zero-order valence-electron chi connectivity index (χ0n) is 13.7. The minimum absolute atomic E-state index is 0.0710. The summed E-state index contributed by atoms with van der Waals surface area (Å²) in [4.78, 5) is 12.0. The number of para-hydroxylation sites is 1. The number of amides is 1. The van der Waals surface area contributed by atoms with Gasteiger partial charge in [-0.2, -0.15) is 0 Å². The Morgan fingerprint density at radius 2 is 1.67 bits per heavy atom. The summed E-state index contributed by atoms with van der Waals surface area (Å²) >= 11 is 29.0. The Morgan fingerprint density at radius 1 is 1.04 bits per heavy atom. The van der Waals surface area contributed by atoms with E-state index in [0.717, 1.165) is 5.56 Å². The minimum Gasteiger partial charge on any atom is -0.445 e. The minimum atomic E-state index is -1.89. The molecule has 0 saturated carbocycles. The fourth-order valence-corrected chi connectivity index (χ4v) is 2.67. The second-order valence-electron chi connectivity index (χ2n) is 5.26. The van der Waals surface area contributed by atoms with Gasteiger partial charge < -0.3 is 15.4 Å². The molecule has 2 aromatic carbocycles. The molecule has 0 aliphatic carbocycles. The molecule has 0 fully saturated rings. The van der Waals surface area contributed by atoms with Crippen LogP contribution in [-0.4, -0.2) is 21.2 Å². The normalized spacial score (nSPS) is 12.0.